The first kappa shape index (κ1) is 13.3. The molecule has 75 valence electrons. The van der Waals surface area contributed by atoms with E-state index >= 15 is 0 Å². The van der Waals surface area contributed by atoms with Crippen molar-refractivity contribution in [2.45, 2.75) is 45.0 Å². The van der Waals surface area contributed by atoms with Crippen LogP contribution in [-0.2, 0) is 0 Å². The molecule has 1 N–H and O–H groups in total. The standard InChI is InChI=1S/C10H23BGeN/c1-7-10(9(3)12(4)5)11(8-2)13-6/h13H,7-8H2,1-6H3/b10-9-. The third-order valence-electron chi connectivity index (χ3n) is 2.79. The summed E-state index contributed by atoms with van der Waals surface area (Å²) in [6.07, 6.45) is 2.42. The number of hydrogen-bond acceptors (Lipinski definition) is 1. The quantitative estimate of drug-likeness (QED) is 0.729. The molecular weight excluding hydrogens is 218 g/mol. The predicted octanol–water partition coefficient (Wildman–Crippen LogP) is 2.78. The van der Waals surface area contributed by atoms with E-state index in [4.69, 9.17) is 0 Å². The van der Waals surface area contributed by atoms with Gasteiger partial charge in [-0.3, -0.25) is 0 Å². The van der Waals surface area contributed by atoms with Crippen molar-refractivity contribution < 1.29 is 0 Å². The van der Waals surface area contributed by atoms with Gasteiger partial charge in [-0.1, -0.05) is 0 Å². The molecule has 0 fully saturated rings. The third-order valence-corrected chi connectivity index (χ3v) is 6.61. The summed E-state index contributed by atoms with van der Waals surface area (Å²) in [5.74, 6) is 4.88. The summed E-state index contributed by atoms with van der Waals surface area (Å²) >= 11 is -0.837. The van der Waals surface area contributed by atoms with Crippen LogP contribution in [0.2, 0.25) is 17.8 Å². The van der Waals surface area contributed by atoms with Crippen LogP contribution in [0.25, 0.3) is 0 Å². The fraction of sp³-hybridized carbons (Fsp3) is 0.800. The molecule has 0 atom stereocenters. The van der Waals surface area contributed by atoms with E-state index in [1.807, 2.05) is 0 Å². The molecule has 0 saturated carbocycles. The fourth-order valence-corrected chi connectivity index (χ4v) is 3.80. The van der Waals surface area contributed by atoms with Gasteiger partial charge in [0.1, 0.15) is 0 Å². The summed E-state index contributed by atoms with van der Waals surface area (Å²) in [6, 6.07) is 0. The van der Waals surface area contributed by atoms with Gasteiger partial charge < -0.3 is 0 Å². The zero-order chi connectivity index (χ0) is 10.4. The zero-order valence-electron chi connectivity index (χ0n) is 9.99. The summed E-state index contributed by atoms with van der Waals surface area (Å²) in [5, 5.41) is 3.41. The first-order valence-electron chi connectivity index (χ1n) is 5.25. The number of nitrogens with one attached hydrogen (secondary N) is 1. The molecule has 13 heavy (non-hydrogen) atoms. The second-order valence-electron chi connectivity index (χ2n) is 3.75. The van der Waals surface area contributed by atoms with Gasteiger partial charge in [0.05, 0.1) is 0 Å². The summed E-state index contributed by atoms with van der Waals surface area (Å²) in [7, 11) is 2.07. The molecule has 0 amide bonds. The van der Waals surface area contributed by atoms with Crippen LogP contribution in [-0.4, -0.2) is 28.2 Å². The Morgan fingerprint density at radius 2 is 1.85 bits per heavy atom. The molecule has 1 nitrogen and oxygen atoms in total. The van der Waals surface area contributed by atoms with Gasteiger partial charge in [0, 0.05) is 0 Å². The van der Waals surface area contributed by atoms with Crippen LogP contribution >= 0.6 is 0 Å². The summed E-state index contributed by atoms with van der Waals surface area (Å²) in [4.78, 5) is 0. The first-order chi connectivity index (χ1) is 6.08. The molecule has 0 aromatic heterocycles. The van der Waals surface area contributed by atoms with Crippen LogP contribution in [0.1, 0.15) is 27.2 Å². The number of allylic oxidation sites excluding steroid dienone is 2. The predicted molar refractivity (Wildman–Crippen MR) is 65.8 cm³/mol. The van der Waals surface area contributed by atoms with Crippen molar-refractivity contribution in [2.75, 3.05) is 7.05 Å². The Hall–Kier alpha value is 0.308. The molecule has 0 aliphatic rings. The molecule has 0 bridgehead atoms. The van der Waals surface area contributed by atoms with Crippen LogP contribution in [0, 0.1) is 0 Å². The molecular formula is C10H23BGeN. The molecule has 0 spiro atoms. The monoisotopic (exact) mass is 242 g/mol. The van der Waals surface area contributed by atoms with E-state index in [9.17, 15) is 0 Å². The Labute approximate surface area is 88.6 Å². The van der Waals surface area contributed by atoms with E-state index in [1.165, 1.54) is 12.7 Å². The Balaban J connectivity index is 4.73. The van der Waals surface area contributed by atoms with E-state index in [-0.39, 0.29) is 0 Å². The zero-order valence-corrected chi connectivity index (χ0v) is 12.1. The topological polar surface area (TPSA) is 12.0 Å². The van der Waals surface area contributed by atoms with Gasteiger partial charge in [-0.05, 0) is 0 Å². The van der Waals surface area contributed by atoms with E-state index in [1.54, 1.807) is 9.88 Å². The Bertz CT molecular complexity index is 174. The van der Waals surface area contributed by atoms with E-state index in [0.717, 1.165) is 0 Å². The second-order valence-corrected chi connectivity index (χ2v) is 9.52. The number of hydrogen-bond donors (Lipinski definition) is 1. The van der Waals surface area contributed by atoms with Gasteiger partial charge in [0.2, 0.25) is 0 Å². The molecule has 3 heteroatoms. The molecule has 0 unspecified atom stereocenters. The van der Waals surface area contributed by atoms with Crippen molar-refractivity contribution in [3.05, 3.63) is 9.88 Å². The van der Waals surface area contributed by atoms with Gasteiger partial charge in [-0.2, -0.15) is 0 Å². The van der Waals surface area contributed by atoms with Crippen molar-refractivity contribution in [3.63, 3.8) is 0 Å². The van der Waals surface area contributed by atoms with Crippen molar-refractivity contribution in [2.24, 2.45) is 0 Å². The average molecular weight is 241 g/mol. The van der Waals surface area contributed by atoms with E-state index in [2.05, 4.69) is 44.6 Å². The summed E-state index contributed by atoms with van der Waals surface area (Å²) in [5.41, 5.74) is 1.67. The first-order valence-corrected chi connectivity index (χ1v) is 10.5. The van der Waals surface area contributed by atoms with Crippen LogP contribution < -0.4 is 5.23 Å². The minimum atomic E-state index is -0.837. The van der Waals surface area contributed by atoms with Crippen LogP contribution in [0.15, 0.2) is 9.88 Å². The van der Waals surface area contributed by atoms with Crippen LogP contribution in [0.4, 0.5) is 0 Å². The van der Waals surface area contributed by atoms with Gasteiger partial charge in [0.15, 0.2) is 0 Å². The Kier molecular flexibility index (Phi) is 6.88. The summed E-state index contributed by atoms with van der Waals surface area (Å²) in [6.45, 7) is 7.50. The molecule has 0 rings (SSSR count). The van der Waals surface area contributed by atoms with Crippen molar-refractivity contribution >= 4 is 21.2 Å². The summed E-state index contributed by atoms with van der Waals surface area (Å²) < 4.78 is 1.73. The molecule has 0 aromatic rings. The second kappa shape index (κ2) is 6.72. The molecule has 0 aliphatic heterocycles. The van der Waals surface area contributed by atoms with Gasteiger partial charge in [-0.15, -0.1) is 0 Å². The molecule has 0 aromatic carbocycles. The fourth-order valence-electron chi connectivity index (χ4n) is 1.72. The minimum absolute atomic E-state index is 0.618. The Morgan fingerprint density at radius 1 is 1.31 bits per heavy atom. The normalized spacial score (nSPS) is 13.2. The van der Waals surface area contributed by atoms with Gasteiger partial charge in [-0.25, -0.2) is 0 Å². The van der Waals surface area contributed by atoms with E-state index in [0.29, 0.717) is 6.85 Å². The average Bonchev–Trinajstić information content (AvgIpc) is 2.12. The van der Waals surface area contributed by atoms with Crippen molar-refractivity contribution in [1.82, 2.24) is 5.23 Å². The Morgan fingerprint density at radius 3 is 2.08 bits per heavy atom. The van der Waals surface area contributed by atoms with Gasteiger partial charge in [0.25, 0.3) is 0 Å². The van der Waals surface area contributed by atoms with E-state index < -0.39 is 14.3 Å². The van der Waals surface area contributed by atoms with Crippen molar-refractivity contribution in [1.29, 1.82) is 0 Å². The molecule has 0 saturated heterocycles. The molecule has 1 radical (unpaired) electrons. The maximum absolute atomic E-state index is 3.41. The van der Waals surface area contributed by atoms with Crippen molar-refractivity contribution in [3.8, 4) is 0 Å². The molecule has 0 heterocycles. The van der Waals surface area contributed by atoms with Crippen LogP contribution in [0.3, 0.4) is 0 Å². The third kappa shape index (κ3) is 3.90. The van der Waals surface area contributed by atoms with Crippen LogP contribution in [0.5, 0.6) is 0 Å². The SMILES string of the molecule is CCB(NC)/C(CC)=[C](/C)[Ge]([CH3])[CH3]. The molecule has 0 aliphatic carbocycles. The van der Waals surface area contributed by atoms with Gasteiger partial charge >= 0.3 is 88.4 Å². The maximum atomic E-state index is 3.41. The number of rotatable bonds is 5.